The summed E-state index contributed by atoms with van der Waals surface area (Å²) in [5.41, 5.74) is -0.699. The van der Waals surface area contributed by atoms with Gasteiger partial charge in [0.05, 0.1) is 0 Å². The molecule has 0 aromatic carbocycles. The first-order valence-corrected chi connectivity index (χ1v) is 6.80. The fraction of sp³-hybridized carbons (Fsp3) is 0.714. The van der Waals surface area contributed by atoms with Gasteiger partial charge in [0.15, 0.2) is 0 Å². The molecule has 4 heteroatoms. The first kappa shape index (κ1) is 14.7. The number of nitrogens with one attached hydrogen (secondary N) is 1. The Morgan fingerprint density at radius 2 is 1.94 bits per heavy atom. The monoisotopic (exact) mass is 252 g/mol. The van der Waals surface area contributed by atoms with Crippen molar-refractivity contribution in [3.63, 3.8) is 0 Å². The number of nitrogens with zero attached hydrogens (tertiary/aromatic N) is 1. The Hall–Kier alpha value is -1.32. The summed E-state index contributed by atoms with van der Waals surface area (Å²) < 4.78 is 0. The summed E-state index contributed by atoms with van der Waals surface area (Å²) in [6.07, 6.45) is 4.53. The molecule has 0 aromatic rings. The highest BCUT2D eigenvalue weighted by molar-refractivity contribution is 5.99. The highest BCUT2D eigenvalue weighted by Crippen LogP contribution is 2.29. The lowest BCUT2D eigenvalue weighted by atomic mass is 9.85. The van der Waals surface area contributed by atoms with Crippen LogP contribution in [0.1, 0.15) is 46.5 Å². The van der Waals surface area contributed by atoms with Crippen molar-refractivity contribution in [1.29, 1.82) is 0 Å². The van der Waals surface area contributed by atoms with Crippen LogP contribution < -0.4 is 5.32 Å². The van der Waals surface area contributed by atoms with Gasteiger partial charge in [0.2, 0.25) is 11.8 Å². The maximum absolute atomic E-state index is 12.4. The van der Waals surface area contributed by atoms with Crippen LogP contribution in [0.4, 0.5) is 0 Å². The summed E-state index contributed by atoms with van der Waals surface area (Å²) >= 11 is 0. The Morgan fingerprint density at radius 1 is 1.33 bits per heavy atom. The zero-order chi connectivity index (χ0) is 13.8. The lowest BCUT2D eigenvalue weighted by Gasteiger charge is -2.47. The zero-order valence-electron chi connectivity index (χ0n) is 11.7. The van der Waals surface area contributed by atoms with E-state index in [-0.39, 0.29) is 17.9 Å². The number of hydrogen-bond acceptors (Lipinski definition) is 2. The molecule has 1 N–H and O–H groups in total. The summed E-state index contributed by atoms with van der Waals surface area (Å²) in [4.78, 5) is 26.5. The highest BCUT2D eigenvalue weighted by atomic mass is 16.2. The Balaban J connectivity index is 3.09. The molecule has 4 nitrogen and oxygen atoms in total. The summed E-state index contributed by atoms with van der Waals surface area (Å²) in [5.74, 6) is 0.00690. The molecule has 1 unspecified atom stereocenters. The minimum atomic E-state index is -0.699. The SMILES string of the molecule is C=CCN1C(=O)C(CCC)NC(=O)C1(CC)CC. The molecular weight excluding hydrogens is 228 g/mol. The third kappa shape index (κ3) is 2.28. The van der Waals surface area contributed by atoms with Gasteiger partial charge in [-0.3, -0.25) is 9.59 Å². The van der Waals surface area contributed by atoms with Crippen LogP contribution in [-0.2, 0) is 9.59 Å². The van der Waals surface area contributed by atoms with Gasteiger partial charge in [0.25, 0.3) is 0 Å². The van der Waals surface area contributed by atoms with E-state index in [0.29, 0.717) is 25.8 Å². The van der Waals surface area contributed by atoms with E-state index in [4.69, 9.17) is 0 Å². The second-order valence-corrected chi connectivity index (χ2v) is 4.79. The van der Waals surface area contributed by atoms with Crippen LogP contribution in [-0.4, -0.2) is 34.8 Å². The Morgan fingerprint density at radius 3 is 2.39 bits per heavy atom. The van der Waals surface area contributed by atoms with Crippen molar-refractivity contribution in [2.45, 2.75) is 58.0 Å². The van der Waals surface area contributed by atoms with Crippen LogP contribution in [0, 0.1) is 0 Å². The predicted molar refractivity (Wildman–Crippen MR) is 72.1 cm³/mol. The van der Waals surface area contributed by atoms with Crippen LogP contribution >= 0.6 is 0 Å². The average Bonchev–Trinajstić information content (AvgIpc) is 2.37. The van der Waals surface area contributed by atoms with Crippen molar-refractivity contribution >= 4 is 11.8 Å². The number of carbonyl (C=O) groups is 2. The molecule has 1 fully saturated rings. The zero-order valence-corrected chi connectivity index (χ0v) is 11.7. The molecule has 0 radical (unpaired) electrons. The Labute approximate surface area is 109 Å². The van der Waals surface area contributed by atoms with Crippen molar-refractivity contribution in [3.05, 3.63) is 12.7 Å². The first-order valence-electron chi connectivity index (χ1n) is 6.80. The first-order chi connectivity index (χ1) is 8.57. The van der Waals surface area contributed by atoms with Crippen LogP contribution in [0.25, 0.3) is 0 Å². The van der Waals surface area contributed by atoms with Crippen LogP contribution in [0.2, 0.25) is 0 Å². The Kier molecular flexibility index (Phi) is 4.93. The number of hydrogen-bond donors (Lipinski definition) is 1. The fourth-order valence-corrected chi connectivity index (χ4v) is 2.71. The van der Waals surface area contributed by atoms with E-state index >= 15 is 0 Å². The predicted octanol–water partition coefficient (Wildman–Crippen LogP) is 1.86. The largest absolute Gasteiger partial charge is 0.342 e. The molecule has 1 rings (SSSR count). The van der Waals surface area contributed by atoms with Crippen molar-refractivity contribution in [3.8, 4) is 0 Å². The molecule has 102 valence electrons. The van der Waals surface area contributed by atoms with Crippen LogP contribution in [0.3, 0.4) is 0 Å². The van der Waals surface area contributed by atoms with Crippen molar-refractivity contribution < 1.29 is 9.59 Å². The minimum Gasteiger partial charge on any atom is -0.342 e. The minimum absolute atomic E-state index is 0.0209. The molecule has 1 aliphatic heterocycles. The lowest BCUT2D eigenvalue weighted by molar-refractivity contribution is -0.157. The van der Waals surface area contributed by atoms with E-state index in [9.17, 15) is 9.59 Å². The quantitative estimate of drug-likeness (QED) is 0.734. The molecule has 1 atom stereocenters. The second kappa shape index (κ2) is 6.03. The Bertz CT molecular complexity index is 335. The molecule has 1 heterocycles. The highest BCUT2D eigenvalue weighted by Gasteiger charge is 2.49. The molecule has 1 aliphatic rings. The topological polar surface area (TPSA) is 49.4 Å². The second-order valence-electron chi connectivity index (χ2n) is 4.79. The third-order valence-corrected chi connectivity index (χ3v) is 3.87. The van der Waals surface area contributed by atoms with Crippen molar-refractivity contribution in [2.24, 2.45) is 0 Å². The van der Waals surface area contributed by atoms with E-state index in [0.717, 1.165) is 6.42 Å². The molecular formula is C14H24N2O2. The van der Waals surface area contributed by atoms with E-state index in [1.54, 1.807) is 11.0 Å². The van der Waals surface area contributed by atoms with Gasteiger partial charge in [0, 0.05) is 6.54 Å². The summed E-state index contributed by atoms with van der Waals surface area (Å²) in [5, 5.41) is 2.88. The molecule has 0 spiro atoms. The van der Waals surface area contributed by atoms with Crippen LogP contribution in [0.15, 0.2) is 12.7 Å². The third-order valence-electron chi connectivity index (χ3n) is 3.87. The summed E-state index contributed by atoms with van der Waals surface area (Å²) in [6.45, 7) is 10.0. The molecule has 1 saturated heterocycles. The molecule has 0 aliphatic carbocycles. The molecule has 0 aromatic heterocycles. The van der Waals surface area contributed by atoms with Crippen molar-refractivity contribution in [1.82, 2.24) is 10.2 Å². The van der Waals surface area contributed by atoms with Gasteiger partial charge in [-0.25, -0.2) is 0 Å². The van der Waals surface area contributed by atoms with E-state index in [1.165, 1.54) is 0 Å². The van der Waals surface area contributed by atoms with Gasteiger partial charge >= 0.3 is 0 Å². The number of amides is 2. The summed E-state index contributed by atoms with van der Waals surface area (Å²) in [7, 11) is 0. The molecule has 2 amide bonds. The van der Waals surface area contributed by atoms with E-state index in [1.807, 2.05) is 20.8 Å². The van der Waals surface area contributed by atoms with Gasteiger partial charge in [-0.2, -0.15) is 0 Å². The number of piperazine rings is 1. The lowest BCUT2D eigenvalue weighted by Crippen LogP contribution is -2.70. The van der Waals surface area contributed by atoms with E-state index < -0.39 is 5.54 Å². The van der Waals surface area contributed by atoms with E-state index in [2.05, 4.69) is 11.9 Å². The maximum Gasteiger partial charge on any atom is 0.246 e. The van der Waals surface area contributed by atoms with Crippen molar-refractivity contribution in [2.75, 3.05) is 6.54 Å². The average molecular weight is 252 g/mol. The smallest absolute Gasteiger partial charge is 0.246 e. The van der Waals surface area contributed by atoms with Gasteiger partial charge in [-0.05, 0) is 19.3 Å². The summed E-state index contributed by atoms with van der Waals surface area (Å²) in [6, 6.07) is -0.367. The number of rotatable bonds is 6. The normalized spacial score (nSPS) is 22.8. The van der Waals surface area contributed by atoms with Gasteiger partial charge in [-0.1, -0.05) is 33.3 Å². The van der Waals surface area contributed by atoms with Gasteiger partial charge < -0.3 is 10.2 Å². The van der Waals surface area contributed by atoms with Gasteiger partial charge in [-0.15, -0.1) is 6.58 Å². The maximum atomic E-state index is 12.4. The standard InChI is InChI=1S/C14H24N2O2/c1-5-9-11-12(17)16(10-6-2)14(7-3,8-4)13(18)15-11/h6,11H,2,5,7-10H2,1,3-4H3,(H,15,18). The molecule has 18 heavy (non-hydrogen) atoms. The fourth-order valence-electron chi connectivity index (χ4n) is 2.71. The number of carbonyl (C=O) groups excluding carboxylic acids is 2. The van der Waals surface area contributed by atoms with Crippen LogP contribution in [0.5, 0.6) is 0 Å². The molecule has 0 saturated carbocycles. The van der Waals surface area contributed by atoms with Gasteiger partial charge in [0.1, 0.15) is 11.6 Å². The molecule has 0 bridgehead atoms.